The molecule has 2 rings (SSSR count). The number of nitrogens with one attached hydrogen (secondary N) is 1. The highest BCUT2D eigenvalue weighted by Crippen LogP contribution is 2.20. The van der Waals surface area contributed by atoms with E-state index in [-0.39, 0.29) is 12.0 Å². The van der Waals surface area contributed by atoms with Crippen molar-refractivity contribution in [2.45, 2.75) is 25.9 Å². The van der Waals surface area contributed by atoms with Crippen LogP contribution >= 0.6 is 0 Å². The van der Waals surface area contributed by atoms with E-state index in [4.69, 9.17) is 0 Å². The average molecular weight is 255 g/mol. The summed E-state index contributed by atoms with van der Waals surface area (Å²) in [6.45, 7) is 7.92. The van der Waals surface area contributed by atoms with Crippen molar-refractivity contribution in [1.82, 2.24) is 15.1 Å². The lowest BCUT2D eigenvalue weighted by atomic mass is 9.92. The van der Waals surface area contributed by atoms with Crippen LogP contribution in [0.5, 0.6) is 0 Å². The Bertz CT molecular complexity index is 269. The van der Waals surface area contributed by atoms with E-state index in [0.29, 0.717) is 12.5 Å². The van der Waals surface area contributed by atoms with E-state index in [9.17, 15) is 9.90 Å². The van der Waals surface area contributed by atoms with Gasteiger partial charge in [-0.1, -0.05) is 0 Å². The summed E-state index contributed by atoms with van der Waals surface area (Å²) in [5.41, 5.74) is 0. The second kappa shape index (κ2) is 6.50. The highest BCUT2D eigenvalue weighted by molar-refractivity contribution is 5.78. The third-order valence-electron chi connectivity index (χ3n) is 4.14. The lowest BCUT2D eigenvalue weighted by molar-refractivity contribution is -0.134. The summed E-state index contributed by atoms with van der Waals surface area (Å²) in [7, 11) is 0. The summed E-state index contributed by atoms with van der Waals surface area (Å²) in [5.74, 6) is 0.620. The van der Waals surface area contributed by atoms with Crippen LogP contribution in [0.3, 0.4) is 0 Å². The minimum Gasteiger partial charge on any atom is -0.393 e. The largest absolute Gasteiger partial charge is 0.393 e. The van der Waals surface area contributed by atoms with E-state index < -0.39 is 0 Å². The van der Waals surface area contributed by atoms with Crippen LogP contribution in [0.1, 0.15) is 19.8 Å². The summed E-state index contributed by atoms with van der Waals surface area (Å²) < 4.78 is 0. The van der Waals surface area contributed by atoms with Gasteiger partial charge in [-0.15, -0.1) is 0 Å². The topological polar surface area (TPSA) is 55.8 Å². The molecule has 0 radical (unpaired) electrons. The SMILES string of the molecule is CC(O)C1CCN(C(=O)CN2CCNCC2)CC1. The van der Waals surface area contributed by atoms with Gasteiger partial charge in [0.1, 0.15) is 0 Å². The maximum atomic E-state index is 12.1. The van der Waals surface area contributed by atoms with Crippen LogP contribution in [0.25, 0.3) is 0 Å². The second-order valence-corrected chi connectivity index (χ2v) is 5.48. The minimum absolute atomic E-state index is 0.240. The fourth-order valence-electron chi connectivity index (χ4n) is 2.79. The summed E-state index contributed by atoms with van der Waals surface area (Å²) in [6.07, 6.45) is 1.63. The highest BCUT2D eigenvalue weighted by Gasteiger charge is 2.26. The Morgan fingerprint density at radius 2 is 1.89 bits per heavy atom. The Balaban J connectivity index is 1.73. The van der Waals surface area contributed by atoms with Crippen molar-refractivity contribution in [2.24, 2.45) is 5.92 Å². The summed E-state index contributed by atoms with van der Waals surface area (Å²) in [4.78, 5) is 16.3. The number of carbonyl (C=O) groups is 1. The van der Waals surface area contributed by atoms with Crippen LogP contribution in [0.4, 0.5) is 0 Å². The molecule has 2 heterocycles. The van der Waals surface area contributed by atoms with Crippen LogP contribution in [-0.4, -0.2) is 72.7 Å². The molecule has 0 aromatic rings. The highest BCUT2D eigenvalue weighted by atomic mass is 16.3. The molecule has 1 atom stereocenters. The molecule has 0 aromatic heterocycles. The number of carbonyl (C=O) groups excluding carboxylic acids is 1. The fourth-order valence-corrected chi connectivity index (χ4v) is 2.79. The van der Waals surface area contributed by atoms with Crippen molar-refractivity contribution in [3.63, 3.8) is 0 Å². The van der Waals surface area contributed by atoms with Gasteiger partial charge in [0.2, 0.25) is 5.91 Å². The van der Waals surface area contributed by atoms with E-state index in [0.717, 1.165) is 52.1 Å². The zero-order valence-electron chi connectivity index (χ0n) is 11.3. The zero-order valence-corrected chi connectivity index (χ0v) is 11.3. The van der Waals surface area contributed by atoms with E-state index in [1.165, 1.54) is 0 Å². The quantitative estimate of drug-likeness (QED) is 0.714. The number of hydrogen-bond acceptors (Lipinski definition) is 4. The van der Waals surface area contributed by atoms with Gasteiger partial charge in [-0.05, 0) is 25.7 Å². The molecule has 104 valence electrons. The molecule has 0 aliphatic carbocycles. The van der Waals surface area contributed by atoms with Crippen LogP contribution in [0, 0.1) is 5.92 Å². The first-order valence-corrected chi connectivity index (χ1v) is 7.05. The first-order valence-electron chi connectivity index (χ1n) is 7.05. The van der Waals surface area contributed by atoms with Crippen molar-refractivity contribution in [1.29, 1.82) is 0 Å². The molecule has 2 N–H and O–H groups in total. The molecular formula is C13H25N3O2. The number of nitrogens with zero attached hydrogens (tertiary/aromatic N) is 2. The van der Waals surface area contributed by atoms with E-state index in [2.05, 4.69) is 10.2 Å². The number of aliphatic hydroxyl groups is 1. The van der Waals surface area contributed by atoms with Crippen molar-refractivity contribution >= 4 is 5.91 Å². The van der Waals surface area contributed by atoms with Crippen molar-refractivity contribution in [3.8, 4) is 0 Å². The smallest absolute Gasteiger partial charge is 0.236 e. The van der Waals surface area contributed by atoms with E-state index in [1.807, 2.05) is 11.8 Å². The van der Waals surface area contributed by atoms with Gasteiger partial charge in [0.15, 0.2) is 0 Å². The minimum atomic E-state index is -0.240. The van der Waals surface area contributed by atoms with E-state index in [1.54, 1.807) is 0 Å². The summed E-state index contributed by atoms with van der Waals surface area (Å²) in [5, 5.41) is 12.8. The Labute approximate surface area is 109 Å². The van der Waals surface area contributed by atoms with Gasteiger partial charge in [-0.2, -0.15) is 0 Å². The van der Waals surface area contributed by atoms with Gasteiger partial charge in [-0.25, -0.2) is 0 Å². The number of piperazine rings is 1. The molecule has 0 bridgehead atoms. The van der Waals surface area contributed by atoms with E-state index >= 15 is 0 Å². The summed E-state index contributed by atoms with van der Waals surface area (Å²) >= 11 is 0. The van der Waals surface area contributed by atoms with Gasteiger partial charge >= 0.3 is 0 Å². The molecule has 1 amide bonds. The Kier molecular flexibility index (Phi) is 4.97. The van der Waals surface area contributed by atoms with Crippen LogP contribution < -0.4 is 5.32 Å². The van der Waals surface area contributed by atoms with Gasteiger partial charge in [0.25, 0.3) is 0 Å². The van der Waals surface area contributed by atoms with Crippen molar-refractivity contribution in [3.05, 3.63) is 0 Å². The zero-order chi connectivity index (χ0) is 13.0. The number of amides is 1. The molecule has 2 saturated heterocycles. The third kappa shape index (κ3) is 3.67. The predicted octanol–water partition coefficient (Wildman–Crippen LogP) is -0.489. The second-order valence-electron chi connectivity index (χ2n) is 5.48. The van der Waals surface area contributed by atoms with Crippen LogP contribution in [0.15, 0.2) is 0 Å². The average Bonchev–Trinajstić information content (AvgIpc) is 2.40. The number of piperidine rings is 1. The third-order valence-corrected chi connectivity index (χ3v) is 4.14. The first-order chi connectivity index (χ1) is 8.66. The maximum Gasteiger partial charge on any atom is 0.236 e. The lowest BCUT2D eigenvalue weighted by Gasteiger charge is -2.35. The van der Waals surface area contributed by atoms with Gasteiger partial charge < -0.3 is 15.3 Å². The van der Waals surface area contributed by atoms with Crippen molar-refractivity contribution < 1.29 is 9.90 Å². The molecular weight excluding hydrogens is 230 g/mol. The van der Waals surface area contributed by atoms with Gasteiger partial charge in [-0.3, -0.25) is 9.69 Å². The number of likely N-dealkylation sites (tertiary alicyclic amines) is 1. The molecule has 1 unspecified atom stereocenters. The van der Waals surface area contributed by atoms with Crippen LogP contribution in [-0.2, 0) is 4.79 Å². The first kappa shape index (κ1) is 13.8. The normalized spacial score (nSPS) is 25.1. The molecule has 5 heteroatoms. The van der Waals surface area contributed by atoms with Crippen LogP contribution in [0.2, 0.25) is 0 Å². The summed E-state index contributed by atoms with van der Waals surface area (Å²) in [6, 6.07) is 0. The molecule has 0 spiro atoms. The van der Waals surface area contributed by atoms with Gasteiger partial charge in [0.05, 0.1) is 12.6 Å². The fraction of sp³-hybridized carbons (Fsp3) is 0.923. The van der Waals surface area contributed by atoms with Crippen molar-refractivity contribution in [2.75, 3.05) is 45.8 Å². The Hall–Kier alpha value is -0.650. The number of hydrogen-bond donors (Lipinski definition) is 2. The number of aliphatic hydroxyl groups excluding tert-OH is 1. The molecule has 0 saturated carbocycles. The molecule has 2 aliphatic heterocycles. The standard InChI is InChI=1S/C13H25N3O2/c1-11(17)12-2-6-16(7-3-12)13(18)10-15-8-4-14-5-9-15/h11-12,14,17H,2-10H2,1H3. The lowest BCUT2D eigenvalue weighted by Crippen LogP contribution is -2.50. The van der Waals surface area contributed by atoms with Gasteiger partial charge in [0, 0.05) is 39.3 Å². The number of rotatable bonds is 3. The molecule has 5 nitrogen and oxygen atoms in total. The molecule has 18 heavy (non-hydrogen) atoms. The Morgan fingerprint density at radius 3 is 2.44 bits per heavy atom. The maximum absolute atomic E-state index is 12.1. The monoisotopic (exact) mass is 255 g/mol. The predicted molar refractivity (Wildman–Crippen MR) is 70.3 cm³/mol. The Morgan fingerprint density at radius 1 is 1.28 bits per heavy atom. The molecule has 2 aliphatic rings. The molecule has 2 fully saturated rings. The molecule has 0 aromatic carbocycles.